The van der Waals surface area contributed by atoms with Gasteiger partial charge in [0.15, 0.2) is 6.10 Å². The van der Waals surface area contributed by atoms with Gasteiger partial charge in [-0.05, 0) is 77.0 Å². The molecule has 0 heterocycles. The zero-order valence-electron chi connectivity index (χ0n) is 34.7. The molecule has 2 atom stereocenters. The molecule has 0 aliphatic carbocycles. The molecule has 0 fully saturated rings. The minimum atomic E-state index is -4.39. The Morgan fingerprint density at radius 2 is 1.06 bits per heavy atom. The number of rotatable bonds is 36. The number of phosphoric acid groups is 1. The molecule has 9 nitrogen and oxygen atoms in total. The molecule has 0 saturated carbocycles. The normalized spacial score (nSPS) is 14.4. The van der Waals surface area contributed by atoms with Crippen LogP contribution in [0.4, 0.5) is 0 Å². The number of likely N-dealkylation sites (N-methyl/N-ethyl adjacent to an activating group) is 1. The third-order valence-electron chi connectivity index (χ3n) is 8.22. The Kier molecular flexibility index (Phi) is 34.4. The smallest absolute Gasteiger partial charge is 0.462 e. The van der Waals surface area contributed by atoms with Crippen molar-refractivity contribution in [2.24, 2.45) is 0 Å². The molecule has 0 radical (unpaired) electrons. The van der Waals surface area contributed by atoms with E-state index >= 15 is 0 Å². The third-order valence-corrected chi connectivity index (χ3v) is 9.20. The summed E-state index contributed by atoms with van der Waals surface area (Å²) >= 11 is 0. The molecule has 0 aliphatic heterocycles. The molecule has 0 aliphatic rings. The molecule has 0 bridgehead atoms. The second kappa shape index (κ2) is 36.1. The molecule has 0 saturated heterocycles. The van der Waals surface area contributed by atoms with Gasteiger partial charge in [-0.15, -0.1) is 0 Å². The summed E-state index contributed by atoms with van der Waals surface area (Å²) in [6.45, 7) is 4.19. The first kappa shape index (κ1) is 51.5. The number of ether oxygens (including phenoxy) is 2. The van der Waals surface area contributed by atoms with E-state index in [1.165, 1.54) is 12.8 Å². The van der Waals surface area contributed by atoms with Crippen molar-refractivity contribution in [1.29, 1.82) is 0 Å². The summed E-state index contributed by atoms with van der Waals surface area (Å²) in [5.74, 6) is -0.857. The molecule has 0 aromatic rings. The van der Waals surface area contributed by atoms with E-state index < -0.39 is 32.5 Å². The second-order valence-electron chi connectivity index (χ2n) is 14.6. The minimum Gasteiger partial charge on any atom is -0.462 e. The van der Waals surface area contributed by atoms with E-state index in [0.29, 0.717) is 17.4 Å². The molecular weight excluding hydrogens is 701 g/mol. The van der Waals surface area contributed by atoms with Crippen molar-refractivity contribution in [3.63, 3.8) is 0 Å². The van der Waals surface area contributed by atoms with Crippen LogP contribution in [0.3, 0.4) is 0 Å². The Morgan fingerprint density at radius 1 is 0.593 bits per heavy atom. The lowest BCUT2D eigenvalue weighted by Gasteiger charge is -2.24. The van der Waals surface area contributed by atoms with Gasteiger partial charge in [0.25, 0.3) is 0 Å². The molecule has 0 rings (SSSR count). The monoisotopic (exact) mass is 779 g/mol. The lowest BCUT2D eigenvalue weighted by atomic mass is 10.1. The molecule has 310 valence electrons. The Bertz CT molecular complexity index is 1150. The van der Waals surface area contributed by atoms with Crippen LogP contribution in [-0.2, 0) is 32.7 Å². The summed E-state index contributed by atoms with van der Waals surface area (Å²) in [6.07, 6.45) is 43.8. The number of carbonyl (C=O) groups is 2. The van der Waals surface area contributed by atoms with Gasteiger partial charge >= 0.3 is 19.8 Å². The Balaban J connectivity index is 4.48. The van der Waals surface area contributed by atoms with Gasteiger partial charge in [-0.25, -0.2) is 4.57 Å². The third kappa shape index (κ3) is 39.2. The largest absolute Gasteiger partial charge is 0.472 e. The van der Waals surface area contributed by atoms with Gasteiger partial charge in [0, 0.05) is 12.8 Å². The van der Waals surface area contributed by atoms with E-state index in [2.05, 4.69) is 86.8 Å². The van der Waals surface area contributed by atoms with Crippen molar-refractivity contribution in [3.8, 4) is 0 Å². The number of hydrogen-bond donors (Lipinski definition) is 1. The maximum Gasteiger partial charge on any atom is 0.472 e. The number of carbonyl (C=O) groups excluding carboxylic acids is 2. The molecular formula is C44H77NO8P+. The molecule has 0 spiro atoms. The molecule has 0 aromatic carbocycles. The first-order valence-electron chi connectivity index (χ1n) is 20.7. The number of nitrogens with zero attached hydrogens (tertiary/aromatic N) is 1. The van der Waals surface area contributed by atoms with Crippen LogP contribution in [0.1, 0.15) is 142 Å². The summed E-state index contributed by atoms with van der Waals surface area (Å²) in [5.41, 5.74) is 0. The van der Waals surface area contributed by atoms with Crippen LogP contribution in [0.15, 0.2) is 72.9 Å². The van der Waals surface area contributed by atoms with Gasteiger partial charge < -0.3 is 18.9 Å². The molecule has 0 aromatic heterocycles. The average Bonchev–Trinajstić information content (AvgIpc) is 3.12. The van der Waals surface area contributed by atoms with Crippen molar-refractivity contribution >= 4 is 19.8 Å². The molecule has 1 N–H and O–H groups in total. The van der Waals surface area contributed by atoms with Crippen LogP contribution >= 0.6 is 7.82 Å². The minimum absolute atomic E-state index is 0.0198. The lowest BCUT2D eigenvalue weighted by Crippen LogP contribution is -2.37. The topological polar surface area (TPSA) is 108 Å². The molecule has 0 amide bonds. The highest BCUT2D eigenvalue weighted by molar-refractivity contribution is 7.47. The summed E-state index contributed by atoms with van der Waals surface area (Å²) in [7, 11) is 1.43. The number of hydrogen-bond acceptors (Lipinski definition) is 7. The van der Waals surface area contributed by atoms with Crippen LogP contribution in [0.25, 0.3) is 0 Å². The van der Waals surface area contributed by atoms with E-state index in [0.717, 1.165) is 96.3 Å². The van der Waals surface area contributed by atoms with Gasteiger partial charge in [-0.2, -0.15) is 0 Å². The Labute approximate surface area is 329 Å². The number of unbranched alkanes of at least 4 members (excludes halogenated alkanes) is 10. The van der Waals surface area contributed by atoms with Crippen LogP contribution in [0, 0.1) is 0 Å². The number of phosphoric ester groups is 1. The quantitative estimate of drug-likeness (QED) is 0.0220. The molecule has 54 heavy (non-hydrogen) atoms. The maximum absolute atomic E-state index is 12.7. The van der Waals surface area contributed by atoms with Gasteiger partial charge in [0.2, 0.25) is 0 Å². The van der Waals surface area contributed by atoms with Gasteiger partial charge in [0.1, 0.15) is 19.8 Å². The van der Waals surface area contributed by atoms with Crippen molar-refractivity contribution in [1.82, 2.24) is 0 Å². The number of esters is 2. The first-order valence-corrected chi connectivity index (χ1v) is 22.2. The van der Waals surface area contributed by atoms with Crippen LogP contribution in [0.5, 0.6) is 0 Å². The zero-order valence-corrected chi connectivity index (χ0v) is 35.6. The highest BCUT2D eigenvalue weighted by Gasteiger charge is 2.27. The van der Waals surface area contributed by atoms with Crippen molar-refractivity contribution in [3.05, 3.63) is 72.9 Å². The fourth-order valence-electron chi connectivity index (χ4n) is 4.96. The van der Waals surface area contributed by atoms with Crippen LogP contribution in [0.2, 0.25) is 0 Å². The standard InChI is InChI=1S/C44H76NO8P/c1-6-8-10-12-14-16-18-19-20-21-22-23-24-25-27-29-31-33-35-37-44(47)53-42(41-52-54(48,49)51-39-38-45(3,4)5)40-50-43(46)36-34-32-30-28-26-17-15-13-11-9-7-2/h8,10,13-16,19-20,22-23,25,27,42H,6-7,9,11-12,17-18,21,24,26,28-41H2,1-5H3/p+1/b10-8-,15-13-,16-14-,20-19-,23-22-,27-25-. The fraction of sp³-hybridized carbons (Fsp3) is 0.682. The summed E-state index contributed by atoms with van der Waals surface area (Å²) < 4.78 is 34.2. The van der Waals surface area contributed by atoms with Crippen LogP contribution < -0.4 is 0 Å². The van der Waals surface area contributed by atoms with Gasteiger partial charge in [0.05, 0.1) is 27.7 Å². The SMILES string of the molecule is CC/C=C\C/C=C\C/C=C\C/C=C\C/C=C\CCCCCC(=O)OC(COC(=O)CCCCCCC/C=C\CCCC)COP(=O)(O)OCC[N+](C)(C)C. The molecule has 2 unspecified atom stereocenters. The highest BCUT2D eigenvalue weighted by Crippen LogP contribution is 2.43. The summed E-state index contributed by atoms with van der Waals surface area (Å²) in [6, 6.07) is 0. The summed E-state index contributed by atoms with van der Waals surface area (Å²) in [4.78, 5) is 35.2. The number of allylic oxidation sites excluding steroid dienone is 12. The second-order valence-corrected chi connectivity index (χ2v) is 16.1. The van der Waals surface area contributed by atoms with E-state index in [9.17, 15) is 19.0 Å². The molecule has 10 heteroatoms. The van der Waals surface area contributed by atoms with Gasteiger partial charge in [-0.1, -0.05) is 125 Å². The predicted molar refractivity (Wildman–Crippen MR) is 224 cm³/mol. The predicted octanol–water partition coefficient (Wildman–Crippen LogP) is 11.5. The average molecular weight is 779 g/mol. The lowest BCUT2D eigenvalue weighted by molar-refractivity contribution is -0.870. The van der Waals surface area contributed by atoms with E-state index in [4.69, 9.17) is 18.5 Å². The Hall–Kier alpha value is -2.55. The maximum atomic E-state index is 12.7. The highest BCUT2D eigenvalue weighted by atomic mass is 31.2. The van der Waals surface area contributed by atoms with E-state index in [1.807, 2.05) is 21.1 Å². The number of quaternary nitrogens is 1. The summed E-state index contributed by atoms with van der Waals surface area (Å²) in [5, 5.41) is 0. The van der Waals surface area contributed by atoms with Gasteiger partial charge in [-0.3, -0.25) is 18.6 Å². The Morgan fingerprint density at radius 3 is 1.61 bits per heavy atom. The van der Waals surface area contributed by atoms with Crippen molar-refractivity contribution < 1.29 is 42.1 Å². The van der Waals surface area contributed by atoms with Crippen molar-refractivity contribution in [2.75, 3.05) is 47.5 Å². The zero-order chi connectivity index (χ0) is 40.0. The first-order chi connectivity index (χ1) is 26.0. The fourth-order valence-corrected chi connectivity index (χ4v) is 5.70. The van der Waals surface area contributed by atoms with E-state index in [1.54, 1.807) is 0 Å². The van der Waals surface area contributed by atoms with Crippen molar-refractivity contribution in [2.45, 2.75) is 148 Å². The van der Waals surface area contributed by atoms with E-state index in [-0.39, 0.29) is 26.1 Å². The van der Waals surface area contributed by atoms with Crippen LogP contribution in [-0.4, -0.2) is 74.9 Å².